The van der Waals surface area contributed by atoms with Crippen molar-refractivity contribution in [3.63, 3.8) is 0 Å². The van der Waals surface area contributed by atoms with E-state index in [4.69, 9.17) is 0 Å². The molecule has 0 radical (unpaired) electrons. The predicted octanol–water partition coefficient (Wildman–Crippen LogP) is 4.28. The van der Waals surface area contributed by atoms with E-state index in [0.717, 1.165) is 0 Å². The monoisotopic (exact) mass is 423 g/mol. The van der Waals surface area contributed by atoms with Gasteiger partial charge in [-0.05, 0) is 29.4 Å². The molecule has 3 rings (SSSR count). The Hall–Kier alpha value is -0.357. The maximum Gasteiger partial charge on any atom is 0 e. The number of hydrogen-bond donors (Lipinski definition) is 0. The van der Waals surface area contributed by atoms with E-state index in [1.165, 1.54) is 40.8 Å². The van der Waals surface area contributed by atoms with Crippen molar-refractivity contribution in [2.75, 3.05) is 0 Å². The SMILES string of the molecule is CCCCc1ccc(C2(C)[C-]=c3ccccc3=C2)cc1.Cl.Cl.[Zr]. The van der Waals surface area contributed by atoms with Crippen LogP contribution in [-0.2, 0) is 38.0 Å². The molecule has 0 fully saturated rings. The molecule has 1 aliphatic rings. The first-order valence-electron chi connectivity index (χ1n) is 7.54. The van der Waals surface area contributed by atoms with Crippen molar-refractivity contribution >= 4 is 37.0 Å². The molecule has 0 bridgehead atoms. The topological polar surface area (TPSA) is 0 Å². The van der Waals surface area contributed by atoms with Crippen LogP contribution in [0.3, 0.4) is 0 Å². The summed E-state index contributed by atoms with van der Waals surface area (Å²) in [4.78, 5) is 0. The molecule has 1 atom stereocenters. The Labute approximate surface area is 171 Å². The Kier molecular flexibility index (Phi) is 9.67. The first kappa shape index (κ1) is 22.6. The Bertz CT molecular complexity index is 685. The standard InChI is InChI=1S/C20H21.2ClH.Zr/c1-3-4-7-16-10-12-19(13-11-16)20(2)14-17-8-5-6-9-18(17)15-20;;;/h5-6,8-14H,3-4,7H2,1-2H3;2*1H;/q-1;;;. The van der Waals surface area contributed by atoms with Gasteiger partial charge in [0.25, 0.3) is 0 Å². The van der Waals surface area contributed by atoms with Crippen LogP contribution in [0.2, 0.25) is 0 Å². The van der Waals surface area contributed by atoms with Crippen molar-refractivity contribution in [1.82, 2.24) is 0 Å². The number of fused-ring (bicyclic) bond motifs is 1. The van der Waals surface area contributed by atoms with Crippen molar-refractivity contribution < 1.29 is 26.2 Å². The molecule has 0 spiro atoms. The van der Waals surface area contributed by atoms with Crippen molar-refractivity contribution in [3.05, 3.63) is 70.1 Å². The smallest absolute Gasteiger partial charge is 0 e. The second kappa shape index (κ2) is 9.82. The Morgan fingerprint density at radius 3 is 2.22 bits per heavy atom. The largest absolute Gasteiger partial charge is 0.189 e. The number of unbranched alkanes of at least 4 members (excludes halogenated alkanes) is 1. The third-order valence-corrected chi connectivity index (χ3v) is 4.17. The molecular weight excluding hydrogens is 402 g/mol. The first-order valence-corrected chi connectivity index (χ1v) is 7.54. The second-order valence-electron chi connectivity index (χ2n) is 5.86. The fourth-order valence-electron chi connectivity index (χ4n) is 2.92. The minimum absolute atomic E-state index is 0. The third-order valence-electron chi connectivity index (χ3n) is 4.17. The summed E-state index contributed by atoms with van der Waals surface area (Å²) in [6.45, 7) is 4.48. The molecular formula is C20H23Cl2Zr-. The molecule has 0 amide bonds. The van der Waals surface area contributed by atoms with Gasteiger partial charge in [-0.3, -0.25) is 0 Å². The van der Waals surface area contributed by atoms with Gasteiger partial charge in [0.05, 0.1) is 0 Å². The van der Waals surface area contributed by atoms with Gasteiger partial charge in [0.15, 0.2) is 0 Å². The average molecular weight is 426 g/mol. The third kappa shape index (κ3) is 5.06. The molecule has 1 unspecified atom stereocenters. The Morgan fingerprint density at radius 1 is 0.957 bits per heavy atom. The van der Waals surface area contributed by atoms with Crippen LogP contribution in [0.15, 0.2) is 48.5 Å². The number of halogens is 2. The van der Waals surface area contributed by atoms with E-state index in [1.807, 2.05) is 0 Å². The molecule has 0 aromatic heterocycles. The maximum absolute atomic E-state index is 3.63. The van der Waals surface area contributed by atoms with Crippen molar-refractivity contribution in [2.24, 2.45) is 0 Å². The molecule has 0 N–H and O–H groups in total. The molecule has 3 heteroatoms. The number of aryl methyl sites for hydroxylation is 1. The number of benzene rings is 2. The zero-order valence-electron chi connectivity index (χ0n) is 13.6. The van der Waals surface area contributed by atoms with Gasteiger partial charge in [0, 0.05) is 26.2 Å². The molecule has 2 aromatic carbocycles. The van der Waals surface area contributed by atoms with Crippen LogP contribution >= 0.6 is 24.8 Å². The van der Waals surface area contributed by atoms with Crippen LogP contribution in [0.1, 0.15) is 37.8 Å². The van der Waals surface area contributed by atoms with Gasteiger partial charge in [0.2, 0.25) is 0 Å². The molecule has 2 aromatic rings. The molecule has 0 aliphatic heterocycles. The summed E-state index contributed by atoms with van der Waals surface area (Å²) < 4.78 is 0. The Morgan fingerprint density at radius 2 is 1.61 bits per heavy atom. The Balaban J connectivity index is 0.00000161. The summed E-state index contributed by atoms with van der Waals surface area (Å²) in [5.74, 6) is 0. The van der Waals surface area contributed by atoms with E-state index < -0.39 is 0 Å². The summed E-state index contributed by atoms with van der Waals surface area (Å²) in [6, 6.07) is 17.6. The molecule has 122 valence electrons. The van der Waals surface area contributed by atoms with Gasteiger partial charge in [-0.2, -0.15) is 17.4 Å². The second-order valence-corrected chi connectivity index (χ2v) is 5.86. The van der Waals surface area contributed by atoms with E-state index in [2.05, 4.69) is 74.5 Å². The maximum atomic E-state index is 3.63. The van der Waals surface area contributed by atoms with Gasteiger partial charge >= 0.3 is 0 Å². The molecule has 1 aliphatic carbocycles. The minimum atomic E-state index is -0.0903. The fraction of sp³-hybridized carbons (Fsp3) is 0.300. The van der Waals surface area contributed by atoms with E-state index in [0.29, 0.717) is 0 Å². The summed E-state index contributed by atoms with van der Waals surface area (Å²) in [5, 5.41) is 2.52. The van der Waals surface area contributed by atoms with Gasteiger partial charge in [0.1, 0.15) is 0 Å². The van der Waals surface area contributed by atoms with Crippen LogP contribution in [0, 0.1) is 0 Å². The number of hydrogen-bond acceptors (Lipinski definition) is 0. The van der Waals surface area contributed by atoms with Crippen LogP contribution in [-0.4, -0.2) is 0 Å². The van der Waals surface area contributed by atoms with E-state index in [-0.39, 0.29) is 56.4 Å². The summed E-state index contributed by atoms with van der Waals surface area (Å²) in [6.07, 6.45) is 9.67. The quantitative estimate of drug-likeness (QED) is 0.642. The molecule has 0 saturated carbocycles. The zero-order chi connectivity index (χ0) is 14.0. The number of rotatable bonds is 4. The van der Waals surface area contributed by atoms with Crippen molar-refractivity contribution in [3.8, 4) is 0 Å². The summed E-state index contributed by atoms with van der Waals surface area (Å²) >= 11 is 0. The van der Waals surface area contributed by atoms with Crippen LogP contribution in [0.5, 0.6) is 0 Å². The predicted molar refractivity (Wildman–Crippen MR) is 100 cm³/mol. The van der Waals surface area contributed by atoms with Gasteiger partial charge in [-0.15, -0.1) is 48.2 Å². The van der Waals surface area contributed by atoms with Gasteiger partial charge in [-0.1, -0.05) is 50.6 Å². The van der Waals surface area contributed by atoms with Crippen LogP contribution in [0.25, 0.3) is 12.2 Å². The molecule has 0 heterocycles. The zero-order valence-corrected chi connectivity index (χ0v) is 17.7. The molecule has 23 heavy (non-hydrogen) atoms. The van der Waals surface area contributed by atoms with E-state index >= 15 is 0 Å². The average Bonchev–Trinajstić information content (AvgIpc) is 2.83. The first-order chi connectivity index (χ1) is 9.71. The summed E-state index contributed by atoms with van der Waals surface area (Å²) in [5.41, 5.74) is 2.68. The minimum Gasteiger partial charge on any atom is -0.189 e. The van der Waals surface area contributed by atoms with E-state index in [9.17, 15) is 0 Å². The van der Waals surface area contributed by atoms with Crippen LogP contribution in [0.4, 0.5) is 0 Å². The van der Waals surface area contributed by atoms with Crippen molar-refractivity contribution in [1.29, 1.82) is 0 Å². The van der Waals surface area contributed by atoms with Crippen molar-refractivity contribution in [2.45, 2.75) is 38.5 Å². The molecule has 0 saturated heterocycles. The fourth-order valence-corrected chi connectivity index (χ4v) is 2.92. The van der Waals surface area contributed by atoms with Crippen LogP contribution < -0.4 is 10.4 Å². The van der Waals surface area contributed by atoms with E-state index in [1.54, 1.807) is 0 Å². The molecule has 0 nitrogen and oxygen atoms in total. The van der Waals surface area contributed by atoms with Gasteiger partial charge in [-0.25, -0.2) is 0 Å². The normalized spacial score (nSPS) is 17.5. The van der Waals surface area contributed by atoms with Gasteiger partial charge < -0.3 is 0 Å². The summed E-state index contributed by atoms with van der Waals surface area (Å²) in [7, 11) is 0.